The Morgan fingerprint density at radius 1 is 1.33 bits per heavy atom. The standard InChI is InChI=1S/C18H14F2N4O2S/c1-11-22-14(7-27-11)15(25)23-8-17(19)9-24(16(26)18(17,20)10-23)13-4-2-3-12(5-13)6-21/h2-5,7H,8-10H2,1H3/t17-,18+/m1/s1. The van der Waals surface area contributed by atoms with Crippen molar-refractivity contribution in [2.45, 2.75) is 18.3 Å². The highest BCUT2D eigenvalue weighted by Crippen LogP contribution is 2.47. The van der Waals surface area contributed by atoms with Crippen molar-refractivity contribution < 1.29 is 18.4 Å². The SMILES string of the molecule is Cc1nc(C(=O)N2C[C@@]3(F)CN(c4cccc(C#N)c4)C(=O)[C@@]3(F)C2)cs1. The molecule has 0 spiro atoms. The van der Waals surface area contributed by atoms with Gasteiger partial charge in [-0.2, -0.15) is 5.26 Å². The maximum atomic E-state index is 15.5. The van der Waals surface area contributed by atoms with E-state index < -0.39 is 42.8 Å². The molecule has 0 aliphatic carbocycles. The molecule has 2 amide bonds. The van der Waals surface area contributed by atoms with Crippen molar-refractivity contribution in [2.24, 2.45) is 0 Å². The van der Waals surface area contributed by atoms with Gasteiger partial charge in [0.2, 0.25) is 5.67 Å². The van der Waals surface area contributed by atoms with E-state index in [4.69, 9.17) is 5.26 Å². The largest absolute Gasteiger partial charge is 0.330 e. The van der Waals surface area contributed by atoms with E-state index in [2.05, 4.69) is 4.98 Å². The minimum absolute atomic E-state index is 0.121. The Balaban J connectivity index is 1.62. The molecular formula is C18H14F2N4O2S. The van der Waals surface area contributed by atoms with E-state index in [-0.39, 0.29) is 16.9 Å². The lowest BCUT2D eigenvalue weighted by Gasteiger charge is -2.22. The Labute approximate surface area is 157 Å². The second-order valence-corrected chi connectivity index (χ2v) is 7.80. The van der Waals surface area contributed by atoms with Crippen LogP contribution in [0.25, 0.3) is 0 Å². The lowest BCUT2D eigenvalue weighted by atomic mass is 9.93. The zero-order valence-corrected chi connectivity index (χ0v) is 15.1. The molecule has 2 aromatic rings. The lowest BCUT2D eigenvalue weighted by Crippen LogP contribution is -2.47. The van der Waals surface area contributed by atoms with Crippen molar-refractivity contribution in [1.29, 1.82) is 5.26 Å². The van der Waals surface area contributed by atoms with Crippen LogP contribution in [0.1, 0.15) is 21.1 Å². The summed E-state index contributed by atoms with van der Waals surface area (Å²) in [6.45, 7) is 0.0204. The third-order valence-electron chi connectivity index (χ3n) is 4.97. The van der Waals surface area contributed by atoms with E-state index in [1.165, 1.54) is 34.9 Å². The lowest BCUT2D eigenvalue weighted by molar-refractivity contribution is -0.130. The maximum Gasteiger partial charge on any atom is 0.273 e. The quantitative estimate of drug-likeness (QED) is 0.791. The van der Waals surface area contributed by atoms with Crippen molar-refractivity contribution in [3.63, 3.8) is 0 Å². The summed E-state index contributed by atoms with van der Waals surface area (Å²) >= 11 is 1.27. The first kappa shape index (κ1) is 17.5. The zero-order chi connectivity index (χ0) is 19.4. The number of alkyl halides is 2. The fourth-order valence-corrected chi connectivity index (χ4v) is 4.17. The van der Waals surface area contributed by atoms with Crippen molar-refractivity contribution in [3.05, 3.63) is 45.9 Å². The minimum atomic E-state index is -2.82. The first-order valence-electron chi connectivity index (χ1n) is 8.19. The number of hydrogen-bond donors (Lipinski definition) is 0. The molecule has 0 bridgehead atoms. The molecule has 2 aliphatic heterocycles. The van der Waals surface area contributed by atoms with Gasteiger partial charge in [0.05, 0.1) is 36.3 Å². The summed E-state index contributed by atoms with van der Waals surface area (Å²) in [5.74, 6) is -1.63. The van der Waals surface area contributed by atoms with Crippen molar-refractivity contribution >= 4 is 28.8 Å². The molecule has 27 heavy (non-hydrogen) atoms. The summed E-state index contributed by atoms with van der Waals surface area (Å²) in [5.41, 5.74) is -4.68. The Kier molecular flexibility index (Phi) is 3.78. The number of hydrogen-bond acceptors (Lipinski definition) is 5. The van der Waals surface area contributed by atoms with Gasteiger partial charge in [-0.15, -0.1) is 11.3 Å². The molecule has 1 aromatic carbocycles. The van der Waals surface area contributed by atoms with Crippen LogP contribution in [0, 0.1) is 18.3 Å². The molecule has 0 unspecified atom stereocenters. The van der Waals surface area contributed by atoms with E-state index >= 15 is 8.78 Å². The molecule has 2 atom stereocenters. The van der Waals surface area contributed by atoms with E-state index in [1.807, 2.05) is 6.07 Å². The van der Waals surface area contributed by atoms with Crippen LogP contribution >= 0.6 is 11.3 Å². The van der Waals surface area contributed by atoms with Gasteiger partial charge in [-0.25, -0.2) is 13.8 Å². The number of nitriles is 1. The number of amides is 2. The molecule has 2 aliphatic rings. The molecule has 2 fully saturated rings. The Hall–Kier alpha value is -2.86. The number of benzene rings is 1. The van der Waals surface area contributed by atoms with Crippen LogP contribution in [0.3, 0.4) is 0 Å². The van der Waals surface area contributed by atoms with Gasteiger partial charge in [0, 0.05) is 11.1 Å². The van der Waals surface area contributed by atoms with Crippen molar-refractivity contribution in [2.75, 3.05) is 24.5 Å². The number of nitrogens with zero attached hydrogens (tertiary/aromatic N) is 4. The van der Waals surface area contributed by atoms with Gasteiger partial charge in [0.25, 0.3) is 11.8 Å². The van der Waals surface area contributed by atoms with Crippen molar-refractivity contribution in [3.8, 4) is 6.07 Å². The van der Waals surface area contributed by atoms with Gasteiger partial charge in [0.1, 0.15) is 5.69 Å². The van der Waals surface area contributed by atoms with Crippen LogP contribution in [-0.2, 0) is 4.79 Å². The summed E-state index contributed by atoms with van der Waals surface area (Å²) in [5, 5.41) is 11.2. The van der Waals surface area contributed by atoms with Crippen LogP contribution < -0.4 is 4.90 Å². The third kappa shape index (κ3) is 2.51. The molecular weight excluding hydrogens is 374 g/mol. The van der Waals surface area contributed by atoms with E-state index in [9.17, 15) is 9.59 Å². The van der Waals surface area contributed by atoms with E-state index in [0.29, 0.717) is 5.01 Å². The fraction of sp³-hybridized carbons (Fsp3) is 0.333. The van der Waals surface area contributed by atoms with Gasteiger partial charge >= 0.3 is 0 Å². The van der Waals surface area contributed by atoms with Crippen LogP contribution in [0.4, 0.5) is 14.5 Å². The number of likely N-dealkylation sites (tertiary alicyclic amines) is 1. The number of rotatable bonds is 2. The molecule has 2 saturated heterocycles. The molecule has 3 heterocycles. The van der Waals surface area contributed by atoms with Crippen LogP contribution in [0.2, 0.25) is 0 Å². The highest BCUT2D eigenvalue weighted by Gasteiger charge is 2.72. The molecule has 6 nitrogen and oxygen atoms in total. The predicted molar refractivity (Wildman–Crippen MR) is 93.9 cm³/mol. The average molecular weight is 388 g/mol. The first-order valence-corrected chi connectivity index (χ1v) is 9.07. The highest BCUT2D eigenvalue weighted by molar-refractivity contribution is 7.09. The Morgan fingerprint density at radius 2 is 2.11 bits per heavy atom. The number of aryl methyl sites for hydroxylation is 1. The second kappa shape index (κ2) is 5.82. The van der Waals surface area contributed by atoms with Crippen molar-refractivity contribution in [1.82, 2.24) is 9.88 Å². The molecule has 0 radical (unpaired) electrons. The van der Waals surface area contributed by atoms with Gasteiger partial charge in [-0.3, -0.25) is 9.59 Å². The first-order chi connectivity index (χ1) is 12.8. The topological polar surface area (TPSA) is 77.3 Å². The monoisotopic (exact) mass is 388 g/mol. The molecule has 0 saturated carbocycles. The molecule has 1 aromatic heterocycles. The Bertz CT molecular complexity index is 1000. The van der Waals surface area contributed by atoms with Crippen LogP contribution in [0.15, 0.2) is 29.6 Å². The summed E-state index contributed by atoms with van der Waals surface area (Å²) in [6.07, 6.45) is 0. The number of carbonyl (C=O) groups is 2. The summed E-state index contributed by atoms with van der Waals surface area (Å²) in [4.78, 5) is 31.3. The molecule has 138 valence electrons. The summed E-state index contributed by atoms with van der Waals surface area (Å²) in [6, 6.07) is 7.95. The fourth-order valence-electron chi connectivity index (χ4n) is 3.58. The number of aromatic nitrogens is 1. The van der Waals surface area contributed by atoms with Gasteiger partial charge in [0.15, 0.2) is 5.67 Å². The Morgan fingerprint density at radius 3 is 2.74 bits per heavy atom. The predicted octanol–water partition coefficient (Wildman–Crippen LogP) is 2.24. The average Bonchev–Trinajstić information content (AvgIpc) is 3.25. The maximum absolute atomic E-state index is 15.5. The number of anilines is 1. The number of carbonyl (C=O) groups excluding carboxylic acids is 2. The third-order valence-corrected chi connectivity index (χ3v) is 5.74. The van der Waals surface area contributed by atoms with Gasteiger partial charge < -0.3 is 9.80 Å². The van der Waals surface area contributed by atoms with Gasteiger partial charge in [-0.1, -0.05) is 6.07 Å². The minimum Gasteiger partial charge on any atom is -0.330 e. The number of fused-ring (bicyclic) bond motifs is 1. The molecule has 9 heteroatoms. The smallest absolute Gasteiger partial charge is 0.273 e. The molecule has 4 rings (SSSR count). The molecule has 0 N–H and O–H groups in total. The number of halogens is 2. The highest BCUT2D eigenvalue weighted by atomic mass is 32.1. The normalized spacial score (nSPS) is 27.0. The van der Waals surface area contributed by atoms with Crippen LogP contribution in [-0.4, -0.2) is 52.7 Å². The summed E-state index contributed by atoms with van der Waals surface area (Å²) in [7, 11) is 0. The van der Waals surface area contributed by atoms with E-state index in [1.54, 1.807) is 13.0 Å². The van der Waals surface area contributed by atoms with E-state index in [0.717, 1.165) is 9.80 Å². The second-order valence-electron chi connectivity index (χ2n) is 6.73. The number of thiazole rings is 1. The van der Waals surface area contributed by atoms with Crippen LogP contribution in [0.5, 0.6) is 0 Å². The van der Waals surface area contributed by atoms with Gasteiger partial charge in [-0.05, 0) is 25.1 Å². The summed E-state index contributed by atoms with van der Waals surface area (Å²) < 4.78 is 30.9. The zero-order valence-electron chi connectivity index (χ0n) is 14.3.